The number of para-hydroxylation sites is 1. The average molecular weight is 223 g/mol. The van der Waals surface area contributed by atoms with E-state index in [0.717, 1.165) is 18.7 Å². The quantitative estimate of drug-likeness (QED) is 0.678. The molecule has 0 aromatic heterocycles. The van der Waals surface area contributed by atoms with E-state index in [1.807, 2.05) is 42.2 Å². The lowest BCUT2D eigenvalue weighted by molar-refractivity contribution is 0.625. The minimum absolute atomic E-state index is 0.128. The highest BCUT2D eigenvalue weighted by atomic mass is 32.2. The van der Waals surface area contributed by atoms with Crippen molar-refractivity contribution in [2.45, 2.75) is 13.3 Å². The van der Waals surface area contributed by atoms with Crippen LogP contribution in [-0.2, 0) is 10.3 Å². The van der Waals surface area contributed by atoms with Crippen molar-refractivity contribution in [1.82, 2.24) is 0 Å². The molecule has 3 nitrogen and oxygen atoms in total. The van der Waals surface area contributed by atoms with Crippen LogP contribution in [0.15, 0.2) is 30.3 Å². The van der Waals surface area contributed by atoms with E-state index < -0.39 is 10.3 Å². The molecule has 0 aliphatic carbocycles. The van der Waals surface area contributed by atoms with Gasteiger partial charge in [-0.2, -0.15) is 8.42 Å². The summed E-state index contributed by atoms with van der Waals surface area (Å²) in [6.45, 7) is 2.74. The lowest BCUT2D eigenvalue weighted by Gasteiger charge is -2.17. The molecule has 0 amide bonds. The zero-order chi connectivity index (χ0) is 10.8. The van der Waals surface area contributed by atoms with Gasteiger partial charge in [-0.3, -0.25) is 0 Å². The van der Waals surface area contributed by atoms with E-state index in [9.17, 15) is 8.42 Å². The minimum atomic E-state index is -2.11. The summed E-state index contributed by atoms with van der Waals surface area (Å²) >= 11 is 0. The number of benzene rings is 1. The van der Waals surface area contributed by atoms with Crippen molar-refractivity contribution in [2.24, 2.45) is 5.92 Å². The summed E-state index contributed by atoms with van der Waals surface area (Å²) in [5, 5.41) is 0. The lowest BCUT2D eigenvalue weighted by Crippen LogP contribution is -2.27. The second-order valence-electron chi connectivity index (χ2n) is 3.75. The molecule has 0 spiro atoms. The third-order valence-electron chi connectivity index (χ3n) is 2.71. The van der Waals surface area contributed by atoms with E-state index in [4.69, 9.17) is 0 Å². The molecular weight excluding hydrogens is 210 g/mol. The molecule has 1 unspecified atom stereocenters. The van der Waals surface area contributed by atoms with Crippen LogP contribution in [0, 0.1) is 5.92 Å². The summed E-state index contributed by atoms with van der Waals surface area (Å²) in [5.74, 6) is 0.128. The highest BCUT2D eigenvalue weighted by Gasteiger charge is 2.28. The van der Waals surface area contributed by atoms with E-state index in [0.29, 0.717) is 4.99 Å². The van der Waals surface area contributed by atoms with E-state index in [1.165, 1.54) is 0 Å². The SMILES string of the molecule is CC1CCN(c2ccccc2)C1=S(=O)=O. The molecule has 2 rings (SSSR count). The average Bonchev–Trinajstić information content (AvgIpc) is 2.61. The number of hydrogen-bond donors (Lipinski definition) is 0. The molecule has 0 N–H and O–H groups in total. The lowest BCUT2D eigenvalue weighted by atomic mass is 10.2. The third-order valence-corrected chi connectivity index (χ3v) is 3.68. The Morgan fingerprint density at radius 2 is 1.93 bits per heavy atom. The van der Waals surface area contributed by atoms with Gasteiger partial charge < -0.3 is 4.90 Å². The molecule has 0 saturated carbocycles. The zero-order valence-electron chi connectivity index (χ0n) is 8.55. The molecule has 0 bridgehead atoms. The van der Waals surface area contributed by atoms with Crippen LogP contribution in [0.4, 0.5) is 5.69 Å². The summed E-state index contributed by atoms with van der Waals surface area (Å²) in [7, 11) is -2.11. The van der Waals surface area contributed by atoms with Gasteiger partial charge in [0.05, 0.1) is 0 Å². The molecule has 1 aliphatic rings. The maximum Gasteiger partial charge on any atom is 0.234 e. The Kier molecular flexibility index (Phi) is 2.77. The molecule has 1 aliphatic heterocycles. The van der Waals surface area contributed by atoms with Crippen molar-refractivity contribution in [2.75, 3.05) is 11.4 Å². The standard InChI is InChI=1S/C11H13NO2S/c1-9-7-8-12(11(9)15(13)14)10-5-3-2-4-6-10/h2-6,9H,7-8H2,1H3. The van der Waals surface area contributed by atoms with Crippen LogP contribution in [0.25, 0.3) is 0 Å². The first-order valence-electron chi connectivity index (χ1n) is 4.99. The summed E-state index contributed by atoms with van der Waals surface area (Å²) in [4.78, 5) is 2.40. The molecule has 4 heteroatoms. The first-order chi connectivity index (χ1) is 7.20. The molecule has 1 aromatic carbocycles. The molecule has 1 heterocycles. The first-order valence-corrected chi connectivity index (χ1v) is 6.06. The van der Waals surface area contributed by atoms with Crippen molar-refractivity contribution in [1.29, 1.82) is 0 Å². The molecule has 1 saturated heterocycles. The van der Waals surface area contributed by atoms with Crippen LogP contribution in [0.5, 0.6) is 0 Å². The second-order valence-corrected chi connectivity index (χ2v) is 4.64. The van der Waals surface area contributed by atoms with Crippen molar-refractivity contribution >= 4 is 21.0 Å². The summed E-state index contributed by atoms with van der Waals surface area (Å²) in [6.07, 6.45) is 0.901. The monoisotopic (exact) mass is 223 g/mol. The maximum absolute atomic E-state index is 11.1. The summed E-state index contributed by atoms with van der Waals surface area (Å²) in [5.41, 5.74) is 0.959. The van der Waals surface area contributed by atoms with Crippen LogP contribution < -0.4 is 4.90 Å². The normalized spacial score (nSPS) is 20.7. The number of nitrogens with zero attached hydrogens (tertiary/aromatic N) is 1. The van der Waals surface area contributed by atoms with Crippen molar-refractivity contribution < 1.29 is 8.42 Å². The highest BCUT2D eigenvalue weighted by Crippen LogP contribution is 2.24. The van der Waals surface area contributed by atoms with Gasteiger partial charge in [0.1, 0.15) is 4.99 Å². The first kappa shape index (κ1) is 10.2. The van der Waals surface area contributed by atoms with Gasteiger partial charge in [-0.25, -0.2) is 0 Å². The fourth-order valence-corrected chi connectivity index (χ4v) is 2.76. The van der Waals surface area contributed by atoms with Crippen LogP contribution in [-0.4, -0.2) is 20.0 Å². The van der Waals surface area contributed by atoms with E-state index >= 15 is 0 Å². The zero-order valence-corrected chi connectivity index (χ0v) is 9.37. The van der Waals surface area contributed by atoms with Crippen molar-refractivity contribution in [3.05, 3.63) is 30.3 Å². The predicted octanol–water partition coefficient (Wildman–Crippen LogP) is 1.54. The van der Waals surface area contributed by atoms with Gasteiger partial charge in [-0.1, -0.05) is 25.1 Å². The Balaban J connectivity index is 2.45. The summed E-state index contributed by atoms with van der Waals surface area (Å²) in [6, 6.07) is 9.64. The molecule has 80 valence electrons. The van der Waals surface area contributed by atoms with E-state index in [2.05, 4.69) is 0 Å². The van der Waals surface area contributed by atoms with Crippen LogP contribution >= 0.6 is 0 Å². The van der Waals surface area contributed by atoms with Gasteiger partial charge in [0.25, 0.3) is 0 Å². The van der Waals surface area contributed by atoms with Crippen molar-refractivity contribution in [3.8, 4) is 0 Å². The van der Waals surface area contributed by atoms with Crippen molar-refractivity contribution in [3.63, 3.8) is 0 Å². The Bertz CT molecular complexity index is 471. The van der Waals surface area contributed by atoms with E-state index in [1.54, 1.807) is 0 Å². The Labute approximate surface area is 90.9 Å². The molecule has 1 aromatic rings. The smallest absolute Gasteiger partial charge is 0.234 e. The van der Waals surface area contributed by atoms with E-state index in [-0.39, 0.29) is 5.92 Å². The molecule has 0 radical (unpaired) electrons. The van der Waals surface area contributed by atoms with Gasteiger partial charge in [0, 0.05) is 18.2 Å². The van der Waals surface area contributed by atoms with Crippen LogP contribution in [0.1, 0.15) is 13.3 Å². The van der Waals surface area contributed by atoms with Gasteiger partial charge in [-0.15, -0.1) is 0 Å². The van der Waals surface area contributed by atoms with Crippen LogP contribution in [0.3, 0.4) is 0 Å². The molecule has 15 heavy (non-hydrogen) atoms. The Morgan fingerprint density at radius 3 is 2.53 bits per heavy atom. The topological polar surface area (TPSA) is 37.4 Å². The molecular formula is C11H13NO2S. The Hall–Kier alpha value is -1.29. The van der Waals surface area contributed by atoms with Gasteiger partial charge in [-0.05, 0) is 18.6 Å². The predicted molar refractivity (Wildman–Crippen MR) is 61.5 cm³/mol. The maximum atomic E-state index is 11.1. The fraction of sp³-hybridized carbons (Fsp3) is 0.364. The van der Waals surface area contributed by atoms with Gasteiger partial charge >= 0.3 is 0 Å². The second kappa shape index (κ2) is 4.06. The number of hydrogen-bond acceptors (Lipinski definition) is 2. The largest absolute Gasteiger partial charge is 0.332 e. The number of rotatable bonds is 1. The minimum Gasteiger partial charge on any atom is -0.332 e. The van der Waals surface area contributed by atoms with Gasteiger partial charge in [0.15, 0.2) is 0 Å². The summed E-state index contributed by atoms with van der Waals surface area (Å²) < 4.78 is 22.2. The molecule has 1 atom stereocenters. The number of anilines is 1. The fourth-order valence-electron chi connectivity index (χ4n) is 1.94. The highest BCUT2D eigenvalue weighted by molar-refractivity contribution is 7.73. The third kappa shape index (κ3) is 1.90. The van der Waals surface area contributed by atoms with Gasteiger partial charge in [0.2, 0.25) is 10.3 Å². The Morgan fingerprint density at radius 1 is 1.27 bits per heavy atom. The van der Waals surface area contributed by atoms with Crippen LogP contribution in [0.2, 0.25) is 0 Å². The molecule has 1 fully saturated rings.